The van der Waals surface area contributed by atoms with Crippen LogP contribution in [0.4, 0.5) is 5.69 Å². The first kappa shape index (κ1) is 21.3. The number of rotatable bonds is 5. The number of aromatic nitrogens is 1. The third kappa shape index (κ3) is 4.29. The quantitative estimate of drug-likeness (QED) is 0.354. The van der Waals surface area contributed by atoms with Gasteiger partial charge in [-0.15, -0.1) is 0 Å². The lowest BCUT2D eigenvalue weighted by Gasteiger charge is -2.36. The summed E-state index contributed by atoms with van der Waals surface area (Å²) in [7, 11) is 0. The van der Waals surface area contributed by atoms with Crippen LogP contribution in [0.2, 0.25) is 0 Å². The van der Waals surface area contributed by atoms with Gasteiger partial charge in [-0.25, -0.2) is 0 Å². The van der Waals surface area contributed by atoms with Gasteiger partial charge in [-0.1, -0.05) is 50.2 Å². The van der Waals surface area contributed by atoms with Gasteiger partial charge in [0, 0.05) is 16.6 Å². The van der Waals surface area contributed by atoms with Crippen molar-refractivity contribution in [3.05, 3.63) is 65.4 Å². The fourth-order valence-electron chi connectivity index (χ4n) is 4.36. The van der Waals surface area contributed by atoms with Gasteiger partial charge >= 0.3 is 0 Å². The number of H-pyrrole nitrogens is 1. The molecular weight excluding hydrogens is 408 g/mol. The van der Waals surface area contributed by atoms with Gasteiger partial charge in [-0.3, -0.25) is 15.6 Å². The molecular formula is C24H28N4O2S. The number of anilines is 1. The minimum absolute atomic E-state index is 0.179. The minimum Gasteiger partial charge on any atom is -0.368 e. The first-order chi connectivity index (χ1) is 15.1. The predicted octanol–water partition coefficient (Wildman–Crippen LogP) is 4.32. The van der Waals surface area contributed by atoms with Crippen LogP contribution in [-0.2, 0) is 28.0 Å². The molecule has 0 spiro atoms. The highest BCUT2D eigenvalue weighted by atomic mass is 32.1. The molecule has 6 nitrogen and oxygen atoms in total. The molecule has 31 heavy (non-hydrogen) atoms. The molecule has 4 N–H and O–H groups in total. The highest BCUT2D eigenvalue weighted by Gasteiger charge is 2.41. The van der Waals surface area contributed by atoms with Crippen molar-refractivity contribution in [1.82, 2.24) is 15.8 Å². The van der Waals surface area contributed by atoms with Crippen molar-refractivity contribution in [3.63, 3.8) is 0 Å². The van der Waals surface area contributed by atoms with E-state index < -0.39 is 5.60 Å². The molecule has 0 radical (unpaired) electrons. The number of hydrogen-bond donors (Lipinski definition) is 4. The van der Waals surface area contributed by atoms with Crippen LogP contribution in [0, 0.1) is 0 Å². The molecule has 1 unspecified atom stereocenters. The summed E-state index contributed by atoms with van der Waals surface area (Å²) in [5.41, 5.74) is 10.4. The van der Waals surface area contributed by atoms with Crippen molar-refractivity contribution in [2.45, 2.75) is 45.1 Å². The van der Waals surface area contributed by atoms with Crippen molar-refractivity contribution in [3.8, 4) is 0 Å². The Bertz CT molecular complexity index is 1100. The lowest BCUT2D eigenvalue weighted by Crippen LogP contribution is -2.47. The Morgan fingerprint density at radius 3 is 2.68 bits per heavy atom. The normalized spacial score (nSPS) is 17.7. The van der Waals surface area contributed by atoms with E-state index in [1.54, 1.807) is 0 Å². The van der Waals surface area contributed by atoms with E-state index in [9.17, 15) is 4.79 Å². The largest absolute Gasteiger partial charge is 0.368 e. The fourth-order valence-corrected chi connectivity index (χ4v) is 4.52. The highest BCUT2D eigenvalue weighted by Crippen LogP contribution is 2.42. The first-order valence-electron chi connectivity index (χ1n) is 10.7. The molecule has 2 aromatic carbocycles. The molecule has 3 aromatic rings. The number of aryl methyl sites for hydroxylation is 1. The second kappa shape index (κ2) is 9.08. The summed E-state index contributed by atoms with van der Waals surface area (Å²) >= 11 is 5.27. The number of para-hydroxylation sites is 2. The minimum atomic E-state index is -0.683. The second-order valence-corrected chi connectivity index (χ2v) is 8.20. The van der Waals surface area contributed by atoms with E-state index >= 15 is 0 Å². The van der Waals surface area contributed by atoms with Gasteiger partial charge in [0.1, 0.15) is 5.60 Å². The molecule has 162 valence electrons. The third-order valence-corrected chi connectivity index (χ3v) is 6.16. The van der Waals surface area contributed by atoms with Gasteiger partial charge < -0.3 is 15.0 Å². The molecule has 1 aromatic heterocycles. The van der Waals surface area contributed by atoms with Crippen LogP contribution in [0.3, 0.4) is 0 Å². The van der Waals surface area contributed by atoms with E-state index in [1.165, 1.54) is 16.5 Å². The van der Waals surface area contributed by atoms with Crippen molar-refractivity contribution < 1.29 is 9.53 Å². The SMILES string of the molecule is CCc1cccc2c3c([nH]c12)C(CC)(CC(=O)NNC(=S)Nc1ccccc1)OCC3. The Balaban J connectivity index is 1.50. The fraction of sp³-hybridized carbons (Fsp3) is 0.333. The zero-order valence-corrected chi connectivity index (χ0v) is 18.7. The lowest BCUT2D eigenvalue weighted by atomic mass is 9.86. The maximum Gasteiger partial charge on any atom is 0.241 e. The number of amides is 1. The van der Waals surface area contributed by atoms with E-state index in [-0.39, 0.29) is 12.3 Å². The summed E-state index contributed by atoms with van der Waals surface area (Å²) in [5.74, 6) is -0.179. The second-order valence-electron chi connectivity index (χ2n) is 7.79. The Morgan fingerprint density at radius 1 is 1.13 bits per heavy atom. The Kier molecular flexibility index (Phi) is 6.25. The number of benzene rings is 2. The number of hydrogen-bond acceptors (Lipinski definition) is 3. The zero-order chi connectivity index (χ0) is 21.8. The average Bonchev–Trinajstić information content (AvgIpc) is 3.19. The van der Waals surface area contributed by atoms with Gasteiger partial charge in [0.15, 0.2) is 5.11 Å². The monoisotopic (exact) mass is 436 g/mol. The molecule has 7 heteroatoms. The molecule has 0 fully saturated rings. The molecule has 0 saturated carbocycles. The molecule has 2 heterocycles. The van der Waals surface area contributed by atoms with Crippen molar-refractivity contribution in [1.29, 1.82) is 0 Å². The van der Waals surface area contributed by atoms with Crippen molar-refractivity contribution in [2.24, 2.45) is 0 Å². The molecule has 0 saturated heterocycles. The lowest BCUT2D eigenvalue weighted by molar-refractivity contribution is -0.133. The van der Waals surface area contributed by atoms with E-state index in [4.69, 9.17) is 17.0 Å². The van der Waals surface area contributed by atoms with E-state index in [2.05, 4.69) is 53.2 Å². The van der Waals surface area contributed by atoms with Crippen LogP contribution in [0.25, 0.3) is 10.9 Å². The van der Waals surface area contributed by atoms with Gasteiger partial charge in [-0.2, -0.15) is 0 Å². The summed E-state index contributed by atoms with van der Waals surface area (Å²) < 4.78 is 6.25. The standard InChI is InChI=1S/C24H28N4O2S/c1-3-16-9-8-12-18-19-13-14-30-24(4-2,22(19)26-21(16)18)15-20(29)27-28-23(31)25-17-10-6-5-7-11-17/h5-12,26H,3-4,13-15H2,1-2H3,(H,27,29)(H2,25,28,31). The first-order valence-corrected chi connectivity index (χ1v) is 11.1. The molecule has 1 aliphatic rings. The predicted molar refractivity (Wildman–Crippen MR) is 128 cm³/mol. The van der Waals surface area contributed by atoms with Gasteiger partial charge in [0.05, 0.1) is 18.7 Å². The molecule has 0 bridgehead atoms. The third-order valence-electron chi connectivity index (χ3n) is 5.96. The number of carbonyl (C=O) groups is 1. The van der Waals surface area contributed by atoms with Crippen LogP contribution in [0.15, 0.2) is 48.5 Å². The molecule has 1 atom stereocenters. The summed E-state index contributed by atoms with van der Waals surface area (Å²) in [6.07, 6.45) is 2.68. The van der Waals surface area contributed by atoms with Crippen LogP contribution in [-0.4, -0.2) is 22.6 Å². The molecule has 4 rings (SSSR count). The highest BCUT2D eigenvalue weighted by molar-refractivity contribution is 7.80. The molecule has 1 amide bonds. The summed E-state index contributed by atoms with van der Waals surface area (Å²) in [6.45, 7) is 4.81. The van der Waals surface area contributed by atoms with Crippen LogP contribution in [0.1, 0.15) is 43.5 Å². The van der Waals surface area contributed by atoms with Crippen molar-refractivity contribution >= 4 is 39.8 Å². The number of fused-ring (bicyclic) bond motifs is 3. The summed E-state index contributed by atoms with van der Waals surface area (Å²) in [6, 6.07) is 16.0. The smallest absolute Gasteiger partial charge is 0.241 e. The van der Waals surface area contributed by atoms with Gasteiger partial charge in [0.25, 0.3) is 0 Å². The van der Waals surface area contributed by atoms with Gasteiger partial charge in [0.2, 0.25) is 5.91 Å². The Morgan fingerprint density at radius 2 is 1.94 bits per heavy atom. The van der Waals surface area contributed by atoms with Gasteiger partial charge in [-0.05, 0) is 54.7 Å². The van der Waals surface area contributed by atoms with E-state index in [0.29, 0.717) is 18.1 Å². The zero-order valence-electron chi connectivity index (χ0n) is 17.9. The molecule has 0 aliphatic carbocycles. The maximum atomic E-state index is 12.8. The number of carbonyl (C=O) groups excluding carboxylic acids is 1. The van der Waals surface area contributed by atoms with Crippen LogP contribution in [0.5, 0.6) is 0 Å². The van der Waals surface area contributed by atoms with Crippen LogP contribution < -0.4 is 16.2 Å². The number of nitrogens with one attached hydrogen (secondary N) is 4. The number of aromatic amines is 1. The van der Waals surface area contributed by atoms with Crippen LogP contribution >= 0.6 is 12.2 Å². The van der Waals surface area contributed by atoms with Crippen molar-refractivity contribution in [2.75, 3.05) is 11.9 Å². The number of ether oxygens (including phenoxy) is 1. The average molecular weight is 437 g/mol. The van der Waals surface area contributed by atoms with E-state index in [1.807, 2.05) is 30.3 Å². The summed E-state index contributed by atoms with van der Waals surface area (Å²) in [4.78, 5) is 16.4. The maximum absolute atomic E-state index is 12.8. The van der Waals surface area contributed by atoms with E-state index in [0.717, 1.165) is 29.7 Å². The number of hydrazine groups is 1. The Labute approximate surface area is 187 Å². The number of thiocarbonyl (C=S) groups is 1. The Hall–Kier alpha value is -2.90. The molecule has 1 aliphatic heterocycles. The summed E-state index contributed by atoms with van der Waals surface area (Å²) in [5, 5.41) is 4.60. The topological polar surface area (TPSA) is 78.2 Å².